The lowest BCUT2D eigenvalue weighted by Crippen LogP contribution is -2.18. The van der Waals surface area contributed by atoms with E-state index in [1.807, 2.05) is 24.3 Å². The Morgan fingerprint density at radius 2 is 2.00 bits per heavy atom. The lowest BCUT2D eigenvalue weighted by Gasteiger charge is -2.07. The van der Waals surface area contributed by atoms with E-state index in [4.69, 9.17) is 10.5 Å². The normalized spacial score (nSPS) is 13.9. The first-order valence-corrected chi connectivity index (χ1v) is 9.61. The van der Waals surface area contributed by atoms with Crippen molar-refractivity contribution in [3.63, 3.8) is 0 Å². The molecule has 0 saturated carbocycles. The number of fused-ring (bicyclic) bond motifs is 1. The Morgan fingerprint density at radius 1 is 1.33 bits per heavy atom. The van der Waals surface area contributed by atoms with Crippen molar-refractivity contribution in [2.45, 2.75) is 18.6 Å². The van der Waals surface area contributed by atoms with E-state index in [0.29, 0.717) is 0 Å². The molecule has 2 heterocycles. The fraction of sp³-hybridized carbons (Fsp3) is 0.214. The fourth-order valence-corrected chi connectivity index (χ4v) is 3.23. The van der Waals surface area contributed by atoms with E-state index in [2.05, 4.69) is 30.9 Å². The number of nitrogens with two attached hydrogens (primary N) is 1. The minimum atomic E-state index is -3.14. The number of H-pyrrole nitrogens is 1. The standard InChI is InChI=1S/C14H15BrN6O2S/c1-2-24(17,23)13-19-11(16)10-12(20-13)21(14(22)18-10)7-8-3-5-9(15)6-4-8/h3-6,17H,2,7H2,1H3,(H,18,22)(H2,16,19,20). The van der Waals surface area contributed by atoms with E-state index in [0.717, 1.165) is 10.0 Å². The van der Waals surface area contributed by atoms with Gasteiger partial charge in [-0.15, -0.1) is 0 Å². The topological polar surface area (TPSA) is 131 Å². The van der Waals surface area contributed by atoms with Crippen LogP contribution < -0.4 is 11.4 Å². The second kappa shape index (κ2) is 6.02. The summed E-state index contributed by atoms with van der Waals surface area (Å²) in [4.78, 5) is 23.0. The molecule has 3 rings (SSSR count). The number of nitrogen functional groups attached to an aromatic ring is 1. The number of imidazole rings is 1. The van der Waals surface area contributed by atoms with Gasteiger partial charge >= 0.3 is 5.69 Å². The van der Waals surface area contributed by atoms with Crippen LogP contribution in [0.15, 0.2) is 38.7 Å². The molecule has 4 N–H and O–H groups in total. The van der Waals surface area contributed by atoms with E-state index in [-0.39, 0.29) is 40.1 Å². The summed E-state index contributed by atoms with van der Waals surface area (Å²) in [6, 6.07) is 7.50. The predicted molar refractivity (Wildman–Crippen MR) is 95.5 cm³/mol. The third-order valence-electron chi connectivity index (χ3n) is 3.59. The molecule has 0 fully saturated rings. The molecular formula is C14H15BrN6O2S. The van der Waals surface area contributed by atoms with Gasteiger partial charge in [0, 0.05) is 10.2 Å². The number of aromatic nitrogens is 4. The molecule has 0 radical (unpaired) electrons. The van der Waals surface area contributed by atoms with Gasteiger partial charge in [0.05, 0.1) is 6.54 Å². The highest BCUT2D eigenvalue weighted by Crippen LogP contribution is 2.19. The molecule has 126 valence electrons. The Labute approximate surface area is 146 Å². The largest absolute Gasteiger partial charge is 0.382 e. The number of rotatable bonds is 4. The molecule has 0 aliphatic heterocycles. The third-order valence-corrected chi connectivity index (χ3v) is 5.70. The van der Waals surface area contributed by atoms with Crippen molar-refractivity contribution < 1.29 is 4.21 Å². The molecule has 1 atom stereocenters. The highest BCUT2D eigenvalue weighted by atomic mass is 79.9. The van der Waals surface area contributed by atoms with Crippen LogP contribution in [-0.4, -0.2) is 29.5 Å². The minimum Gasteiger partial charge on any atom is -0.382 e. The van der Waals surface area contributed by atoms with Gasteiger partial charge in [0.2, 0.25) is 5.16 Å². The summed E-state index contributed by atoms with van der Waals surface area (Å²) in [7, 11) is -3.14. The highest BCUT2D eigenvalue weighted by Gasteiger charge is 2.18. The van der Waals surface area contributed by atoms with Gasteiger partial charge in [-0.2, -0.15) is 4.98 Å². The quantitative estimate of drug-likeness (QED) is 0.565. The van der Waals surface area contributed by atoms with Gasteiger partial charge < -0.3 is 10.7 Å². The first-order chi connectivity index (χ1) is 11.3. The van der Waals surface area contributed by atoms with Crippen molar-refractivity contribution in [1.29, 1.82) is 4.78 Å². The Kier molecular flexibility index (Phi) is 4.18. The number of anilines is 1. The minimum absolute atomic E-state index is 0.00933. The van der Waals surface area contributed by atoms with Gasteiger partial charge in [-0.1, -0.05) is 35.0 Å². The summed E-state index contributed by atoms with van der Waals surface area (Å²) in [5, 5.41) is -0.154. The Balaban J connectivity index is 2.19. The summed E-state index contributed by atoms with van der Waals surface area (Å²) >= 11 is 3.36. The van der Waals surface area contributed by atoms with Crippen LogP contribution in [0.4, 0.5) is 5.82 Å². The fourth-order valence-electron chi connectivity index (χ4n) is 2.23. The first kappa shape index (κ1) is 16.7. The SMILES string of the molecule is CCS(=N)(=O)c1nc(N)c2[nH]c(=O)n(Cc3ccc(Br)cc3)c2n1. The summed E-state index contributed by atoms with van der Waals surface area (Å²) in [5.41, 5.74) is 6.89. The van der Waals surface area contributed by atoms with Crippen molar-refractivity contribution in [3.8, 4) is 0 Å². The van der Waals surface area contributed by atoms with Gasteiger partial charge in [-0.3, -0.25) is 4.57 Å². The number of hydrogen-bond acceptors (Lipinski definition) is 6. The van der Waals surface area contributed by atoms with Crippen LogP contribution in [0.1, 0.15) is 12.5 Å². The molecule has 1 unspecified atom stereocenters. The zero-order chi connectivity index (χ0) is 17.5. The average molecular weight is 411 g/mol. The van der Waals surface area contributed by atoms with Gasteiger partial charge in [0.1, 0.15) is 15.2 Å². The maximum atomic E-state index is 12.2. The number of nitrogens with zero attached hydrogens (tertiary/aromatic N) is 3. The van der Waals surface area contributed by atoms with Gasteiger partial charge in [0.15, 0.2) is 11.5 Å². The highest BCUT2D eigenvalue weighted by molar-refractivity contribution is 9.10. The lowest BCUT2D eigenvalue weighted by atomic mass is 10.2. The van der Waals surface area contributed by atoms with Crippen molar-refractivity contribution in [1.82, 2.24) is 19.5 Å². The van der Waals surface area contributed by atoms with Crippen LogP contribution >= 0.6 is 15.9 Å². The van der Waals surface area contributed by atoms with Gasteiger partial charge in [-0.05, 0) is 17.7 Å². The number of hydrogen-bond donors (Lipinski definition) is 3. The van der Waals surface area contributed by atoms with Crippen molar-refractivity contribution in [3.05, 3.63) is 44.8 Å². The lowest BCUT2D eigenvalue weighted by molar-refractivity contribution is 0.667. The van der Waals surface area contributed by atoms with Crippen molar-refractivity contribution in [2.24, 2.45) is 0 Å². The Hall–Kier alpha value is -2.20. The summed E-state index contributed by atoms with van der Waals surface area (Å²) < 4.78 is 22.4. The number of aromatic amines is 1. The summed E-state index contributed by atoms with van der Waals surface area (Å²) in [6.07, 6.45) is 0. The Morgan fingerprint density at radius 3 is 2.62 bits per heavy atom. The molecule has 0 aliphatic rings. The van der Waals surface area contributed by atoms with E-state index in [1.165, 1.54) is 4.57 Å². The monoisotopic (exact) mass is 410 g/mol. The van der Waals surface area contributed by atoms with E-state index in [1.54, 1.807) is 6.92 Å². The van der Waals surface area contributed by atoms with Crippen LogP contribution in [0.25, 0.3) is 11.2 Å². The second-order valence-corrected chi connectivity index (χ2v) is 8.41. The zero-order valence-corrected chi connectivity index (χ0v) is 15.1. The maximum absolute atomic E-state index is 12.2. The second-order valence-electron chi connectivity index (χ2n) is 5.20. The maximum Gasteiger partial charge on any atom is 0.328 e. The number of benzene rings is 1. The van der Waals surface area contributed by atoms with Crippen molar-refractivity contribution >= 4 is 42.6 Å². The van der Waals surface area contributed by atoms with Crippen LogP contribution in [0.3, 0.4) is 0 Å². The molecule has 2 aromatic heterocycles. The molecule has 0 saturated heterocycles. The Bertz CT molecular complexity index is 1070. The molecule has 8 nitrogen and oxygen atoms in total. The van der Waals surface area contributed by atoms with Crippen LogP contribution in [0.5, 0.6) is 0 Å². The van der Waals surface area contributed by atoms with Crippen LogP contribution in [0, 0.1) is 4.78 Å². The van der Waals surface area contributed by atoms with Crippen LogP contribution in [0.2, 0.25) is 0 Å². The summed E-state index contributed by atoms with van der Waals surface area (Å²) in [5.74, 6) is 0.0781. The molecule has 0 amide bonds. The molecule has 10 heteroatoms. The van der Waals surface area contributed by atoms with Gasteiger partial charge in [-0.25, -0.2) is 18.8 Å². The number of halogens is 1. The van der Waals surface area contributed by atoms with E-state index < -0.39 is 9.73 Å². The smallest absolute Gasteiger partial charge is 0.328 e. The molecular weight excluding hydrogens is 396 g/mol. The summed E-state index contributed by atoms with van der Waals surface area (Å²) in [6.45, 7) is 1.89. The molecule has 0 bridgehead atoms. The van der Waals surface area contributed by atoms with E-state index >= 15 is 0 Å². The van der Waals surface area contributed by atoms with Gasteiger partial charge in [0.25, 0.3) is 0 Å². The molecule has 0 spiro atoms. The number of nitrogens with one attached hydrogen (secondary N) is 2. The molecule has 1 aromatic carbocycles. The van der Waals surface area contributed by atoms with E-state index in [9.17, 15) is 9.00 Å². The first-order valence-electron chi connectivity index (χ1n) is 7.09. The predicted octanol–water partition coefficient (Wildman–Crippen LogP) is 1.94. The third kappa shape index (κ3) is 2.94. The van der Waals surface area contributed by atoms with Crippen LogP contribution in [-0.2, 0) is 16.3 Å². The molecule has 24 heavy (non-hydrogen) atoms. The zero-order valence-electron chi connectivity index (χ0n) is 12.7. The average Bonchev–Trinajstić information content (AvgIpc) is 2.86. The molecule has 3 aromatic rings. The molecule has 0 aliphatic carbocycles. The van der Waals surface area contributed by atoms with Crippen molar-refractivity contribution in [2.75, 3.05) is 11.5 Å².